The highest BCUT2D eigenvalue weighted by atomic mass is 16.5. The van der Waals surface area contributed by atoms with Gasteiger partial charge in [0.15, 0.2) is 0 Å². The summed E-state index contributed by atoms with van der Waals surface area (Å²) in [6.45, 7) is 6.55. The number of allylic oxidation sites excluding steroid dienone is 1. The van der Waals surface area contributed by atoms with Crippen molar-refractivity contribution in [1.82, 2.24) is 5.32 Å². The van der Waals surface area contributed by atoms with Gasteiger partial charge in [-0.05, 0) is 45.6 Å². The Morgan fingerprint density at radius 1 is 1.56 bits per heavy atom. The second-order valence-corrected chi connectivity index (χ2v) is 5.13. The van der Waals surface area contributed by atoms with E-state index in [-0.39, 0.29) is 0 Å². The molecule has 0 aromatic carbocycles. The molecule has 1 aliphatic carbocycles. The number of nitrogens with one attached hydrogen (secondary N) is 1. The number of ether oxygens (including phenoxy) is 1. The van der Waals surface area contributed by atoms with Crippen molar-refractivity contribution in [3.8, 4) is 0 Å². The molecule has 0 aromatic heterocycles. The van der Waals surface area contributed by atoms with Crippen molar-refractivity contribution in [3.63, 3.8) is 0 Å². The predicted molar refractivity (Wildman–Crippen MR) is 67.5 cm³/mol. The van der Waals surface area contributed by atoms with Crippen molar-refractivity contribution >= 4 is 0 Å². The lowest BCUT2D eigenvalue weighted by Gasteiger charge is -2.28. The minimum Gasteiger partial charge on any atom is -0.378 e. The van der Waals surface area contributed by atoms with Crippen molar-refractivity contribution < 1.29 is 4.74 Å². The van der Waals surface area contributed by atoms with E-state index in [9.17, 15) is 0 Å². The van der Waals surface area contributed by atoms with Crippen molar-refractivity contribution in [2.75, 3.05) is 13.2 Å². The maximum absolute atomic E-state index is 5.72. The third-order valence-corrected chi connectivity index (χ3v) is 3.95. The second-order valence-electron chi connectivity index (χ2n) is 5.13. The average Bonchev–Trinajstić information content (AvgIpc) is 2.91. The van der Waals surface area contributed by atoms with E-state index in [1.807, 2.05) is 0 Å². The minimum absolute atomic E-state index is 0.427. The Kier molecular flexibility index (Phi) is 4.42. The Balaban J connectivity index is 2.01. The Hall–Kier alpha value is -0.340. The van der Waals surface area contributed by atoms with Gasteiger partial charge in [0.1, 0.15) is 0 Å². The molecule has 0 aromatic rings. The molecule has 16 heavy (non-hydrogen) atoms. The summed E-state index contributed by atoms with van der Waals surface area (Å²) in [5, 5.41) is 3.74. The van der Waals surface area contributed by atoms with Crippen LogP contribution in [0.5, 0.6) is 0 Å². The highest BCUT2D eigenvalue weighted by Gasteiger charge is 2.33. The molecular weight excluding hydrogens is 198 g/mol. The molecule has 0 radical (unpaired) electrons. The van der Waals surface area contributed by atoms with Gasteiger partial charge < -0.3 is 10.1 Å². The molecule has 3 unspecified atom stereocenters. The summed E-state index contributed by atoms with van der Waals surface area (Å²) in [7, 11) is 0. The maximum Gasteiger partial charge on any atom is 0.0594 e. The fourth-order valence-corrected chi connectivity index (χ4v) is 3.02. The molecule has 2 rings (SSSR count). The van der Waals surface area contributed by atoms with E-state index < -0.39 is 0 Å². The van der Waals surface area contributed by atoms with E-state index in [1.165, 1.54) is 32.1 Å². The van der Waals surface area contributed by atoms with E-state index >= 15 is 0 Å². The molecule has 3 atom stereocenters. The summed E-state index contributed by atoms with van der Waals surface area (Å²) >= 11 is 0. The molecule has 2 heteroatoms. The lowest BCUT2D eigenvalue weighted by Crippen LogP contribution is -2.40. The topological polar surface area (TPSA) is 21.3 Å². The number of hydrogen-bond donors (Lipinski definition) is 1. The smallest absolute Gasteiger partial charge is 0.0594 e. The van der Waals surface area contributed by atoms with Gasteiger partial charge in [-0.25, -0.2) is 0 Å². The van der Waals surface area contributed by atoms with Crippen LogP contribution >= 0.6 is 0 Å². The first-order chi connectivity index (χ1) is 7.83. The standard InChI is InChI=1S/C14H25NO/c1-3-9-15-14(12-6-4-5-7-12)13-8-10-16-11(13)2/h6,11,13-15H,3-5,7-10H2,1-2H3. The lowest BCUT2D eigenvalue weighted by atomic mass is 9.87. The van der Waals surface area contributed by atoms with E-state index in [1.54, 1.807) is 5.57 Å². The van der Waals surface area contributed by atoms with Gasteiger partial charge in [0.2, 0.25) is 0 Å². The van der Waals surface area contributed by atoms with Gasteiger partial charge in [-0.3, -0.25) is 0 Å². The van der Waals surface area contributed by atoms with Crippen LogP contribution in [0.25, 0.3) is 0 Å². The van der Waals surface area contributed by atoms with Gasteiger partial charge in [0, 0.05) is 18.6 Å². The quantitative estimate of drug-likeness (QED) is 0.724. The third-order valence-electron chi connectivity index (χ3n) is 3.95. The maximum atomic E-state index is 5.72. The largest absolute Gasteiger partial charge is 0.378 e. The molecule has 2 nitrogen and oxygen atoms in total. The van der Waals surface area contributed by atoms with E-state index in [4.69, 9.17) is 4.74 Å². The van der Waals surface area contributed by atoms with Crippen molar-refractivity contribution in [3.05, 3.63) is 11.6 Å². The fraction of sp³-hybridized carbons (Fsp3) is 0.857. The van der Waals surface area contributed by atoms with Gasteiger partial charge >= 0.3 is 0 Å². The molecular formula is C14H25NO. The van der Waals surface area contributed by atoms with E-state index in [0.29, 0.717) is 18.1 Å². The minimum atomic E-state index is 0.427. The van der Waals surface area contributed by atoms with Gasteiger partial charge in [0.25, 0.3) is 0 Å². The summed E-state index contributed by atoms with van der Waals surface area (Å²) in [5.41, 5.74) is 1.65. The second kappa shape index (κ2) is 5.83. The van der Waals surface area contributed by atoms with Crippen LogP contribution in [0, 0.1) is 5.92 Å². The van der Waals surface area contributed by atoms with E-state index in [2.05, 4.69) is 25.2 Å². The van der Waals surface area contributed by atoms with Crippen LogP contribution < -0.4 is 5.32 Å². The molecule has 0 amide bonds. The summed E-state index contributed by atoms with van der Waals surface area (Å²) in [4.78, 5) is 0. The molecule has 1 aliphatic heterocycles. The van der Waals surface area contributed by atoms with Crippen LogP contribution in [0.3, 0.4) is 0 Å². The van der Waals surface area contributed by atoms with Crippen LogP contribution in [-0.2, 0) is 4.74 Å². The van der Waals surface area contributed by atoms with Gasteiger partial charge in [-0.2, -0.15) is 0 Å². The molecule has 0 saturated carbocycles. The van der Waals surface area contributed by atoms with Gasteiger partial charge in [0.05, 0.1) is 6.10 Å². The van der Waals surface area contributed by atoms with Gasteiger partial charge in [-0.1, -0.05) is 18.6 Å². The zero-order valence-corrected chi connectivity index (χ0v) is 10.7. The molecule has 2 aliphatic rings. The monoisotopic (exact) mass is 223 g/mol. The van der Waals surface area contributed by atoms with Crippen LogP contribution in [0.1, 0.15) is 46.0 Å². The first-order valence-electron chi connectivity index (χ1n) is 6.87. The Morgan fingerprint density at radius 2 is 2.44 bits per heavy atom. The fourth-order valence-electron chi connectivity index (χ4n) is 3.02. The molecule has 0 spiro atoms. The number of hydrogen-bond acceptors (Lipinski definition) is 2. The normalized spacial score (nSPS) is 31.8. The SMILES string of the molecule is CCCNC(C1=CCCC1)C1CCOC1C. The summed E-state index contributed by atoms with van der Waals surface area (Å²) in [6.07, 6.45) is 9.24. The molecule has 1 N–H and O–H groups in total. The van der Waals surface area contributed by atoms with Crippen LogP contribution in [0.4, 0.5) is 0 Å². The van der Waals surface area contributed by atoms with Crippen LogP contribution in [0.15, 0.2) is 11.6 Å². The van der Waals surface area contributed by atoms with Crippen molar-refractivity contribution in [2.24, 2.45) is 5.92 Å². The van der Waals surface area contributed by atoms with Gasteiger partial charge in [-0.15, -0.1) is 0 Å². The van der Waals surface area contributed by atoms with Crippen LogP contribution in [-0.4, -0.2) is 25.3 Å². The number of rotatable bonds is 5. The molecule has 1 heterocycles. The Labute approximate surface area is 99.4 Å². The average molecular weight is 223 g/mol. The van der Waals surface area contributed by atoms with Crippen molar-refractivity contribution in [1.29, 1.82) is 0 Å². The Bertz CT molecular complexity index is 249. The third kappa shape index (κ3) is 2.67. The first kappa shape index (κ1) is 12.1. The highest BCUT2D eigenvalue weighted by molar-refractivity contribution is 5.17. The molecule has 1 saturated heterocycles. The zero-order chi connectivity index (χ0) is 11.4. The van der Waals surface area contributed by atoms with E-state index in [0.717, 1.165) is 13.2 Å². The molecule has 92 valence electrons. The predicted octanol–water partition coefficient (Wildman–Crippen LogP) is 2.89. The summed E-state index contributed by atoms with van der Waals surface area (Å²) < 4.78 is 5.72. The summed E-state index contributed by atoms with van der Waals surface area (Å²) in [5.74, 6) is 0.691. The van der Waals surface area contributed by atoms with Crippen LogP contribution in [0.2, 0.25) is 0 Å². The zero-order valence-electron chi connectivity index (χ0n) is 10.7. The summed E-state index contributed by atoms with van der Waals surface area (Å²) in [6, 6.07) is 0.583. The lowest BCUT2D eigenvalue weighted by molar-refractivity contribution is 0.0987. The molecule has 1 fully saturated rings. The Morgan fingerprint density at radius 3 is 3.00 bits per heavy atom. The molecule has 0 bridgehead atoms. The van der Waals surface area contributed by atoms with Crippen molar-refractivity contribution in [2.45, 2.75) is 58.1 Å². The first-order valence-corrected chi connectivity index (χ1v) is 6.87. The highest BCUT2D eigenvalue weighted by Crippen LogP contribution is 2.32.